The Balaban J connectivity index is 1.58. The van der Waals surface area contributed by atoms with Crippen LogP contribution in [0.25, 0.3) is 0 Å². The summed E-state index contributed by atoms with van der Waals surface area (Å²) in [6.07, 6.45) is 1.99. The SMILES string of the molecule is NC(=O)CN1CCN(CC(N)=O)CCN(C(CCC(=O)N[C@H](Cc2ccc(O)c(I)c2)C(=O)N[C@H](Cc2ccccc2)C(=O)N[C@H](CCCCNC(=O)CCCCCCC(=O)NCCCCC(NC(=O)N[C@@H](CCC(=O)O)C(=O)O)C(=O)O)C(=O)O)C(=O)O)CCN(CC(N)=O)CC1. The molecule has 0 spiro atoms. The predicted octanol–water partition coefficient (Wildman–Crippen LogP) is -1.78. The molecule has 98 heavy (non-hydrogen) atoms. The molecule has 0 radical (unpaired) electrons. The lowest BCUT2D eigenvalue weighted by Crippen LogP contribution is -2.57. The fourth-order valence-electron chi connectivity index (χ4n) is 10.6. The van der Waals surface area contributed by atoms with E-state index in [-0.39, 0.29) is 160 Å². The standard InChI is InChI=1S/C63H95IN14O20/c64-42-34-41(18-21-49(42)79)36-46(70-55(85)22-20-48(62(96)97)78-32-30-76(38-51(66)81)28-26-75(37-50(65)80)27-29-77(31-33-78)39-52(67)82)57(88)72-47(35-40-12-4-3-5-13-40)58(89)71-43(59(90)91)14-8-10-24-68-53(83)16-6-1-2-7-17-54(84)69-25-11-9-15-44(60(92)93)73-63(98)74-45(61(94)95)19-23-56(86)87/h3-5,12-13,18,21,34,43-48,79H,1-2,6-11,14-17,19-20,22-33,35-39H2,(H2,65,80)(H2,66,81)(H2,67,82)(H,68,83)(H,69,84)(H,70,85)(H,71,89)(H,72,88)(H,86,87)(H,90,91)(H,92,93)(H,94,95)(H,96,97)(H2,73,74,98)/t43-,44?,45+,46-,47-,48?/m1/s1. The molecule has 1 fully saturated rings. The molecule has 6 atom stereocenters. The lowest BCUT2D eigenvalue weighted by atomic mass is 10.0. The molecule has 1 aliphatic rings. The fourth-order valence-corrected chi connectivity index (χ4v) is 11.2. The van der Waals surface area contributed by atoms with E-state index in [4.69, 9.17) is 22.3 Å². The van der Waals surface area contributed by atoms with E-state index in [0.29, 0.717) is 53.2 Å². The second-order valence-corrected chi connectivity index (χ2v) is 25.0. The number of carbonyl (C=O) groups is 14. The summed E-state index contributed by atoms with van der Waals surface area (Å²) in [6, 6.07) is 3.51. The number of urea groups is 1. The molecule has 3 rings (SSSR count). The van der Waals surface area contributed by atoms with Crippen molar-refractivity contribution in [3.8, 4) is 5.75 Å². The first-order valence-electron chi connectivity index (χ1n) is 32.4. The lowest BCUT2D eigenvalue weighted by molar-refractivity contribution is -0.145. The van der Waals surface area contributed by atoms with E-state index >= 15 is 0 Å². The molecule has 1 aliphatic heterocycles. The number of unbranched alkanes of at least 4 members (excludes halogenated alkanes) is 5. The monoisotopic (exact) mass is 1490 g/mol. The van der Waals surface area contributed by atoms with Gasteiger partial charge in [0.25, 0.3) is 0 Å². The highest BCUT2D eigenvalue weighted by Gasteiger charge is 2.33. The van der Waals surface area contributed by atoms with E-state index in [1.165, 1.54) is 12.1 Å². The molecule has 2 unspecified atom stereocenters. The molecular formula is C63H95IN14O20. The third-order valence-electron chi connectivity index (χ3n) is 15.9. The summed E-state index contributed by atoms with van der Waals surface area (Å²) in [7, 11) is 0. The number of rotatable bonds is 45. The molecule has 35 heteroatoms. The quantitative estimate of drug-likeness (QED) is 0.0257. The van der Waals surface area contributed by atoms with E-state index in [1.54, 1.807) is 56.0 Å². The normalized spacial score (nSPS) is 15.3. The summed E-state index contributed by atoms with van der Waals surface area (Å²) >= 11 is 1.89. The second kappa shape index (κ2) is 45.6. The number of phenols is 1. The van der Waals surface area contributed by atoms with Crippen LogP contribution in [0.1, 0.15) is 114 Å². The first kappa shape index (κ1) is 83.4. The van der Waals surface area contributed by atoms with Crippen LogP contribution in [0, 0.1) is 3.57 Å². The number of aliphatic carboxylic acids is 5. The summed E-state index contributed by atoms with van der Waals surface area (Å²) in [4.78, 5) is 182. The molecule has 1 heterocycles. The zero-order valence-corrected chi connectivity index (χ0v) is 57.0. The Morgan fingerprint density at radius 1 is 0.429 bits per heavy atom. The summed E-state index contributed by atoms with van der Waals surface area (Å²) in [5.74, 6) is -11.7. The van der Waals surface area contributed by atoms with Crippen molar-refractivity contribution < 1.29 is 97.8 Å². The van der Waals surface area contributed by atoms with Gasteiger partial charge >= 0.3 is 35.9 Å². The van der Waals surface area contributed by atoms with Gasteiger partial charge in [-0.05, 0) is 110 Å². The van der Waals surface area contributed by atoms with Crippen LogP contribution in [0.4, 0.5) is 4.79 Å². The van der Waals surface area contributed by atoms with Gasteiger partial charge in [0.15, 0.2) is 0 Å². The number of carboxylic acid groups (broad SMARTS) is 5. The average molecular weight is 1500 g/mol. The van der Waals surface area contributed by atoms with Gasteiger partial charge in [0.1, 0.15) is 42.0 Å². The lowest BCUT2D eigenvalue weighted by Gasteiger charge is -2.35. The third kappa shape index (κ3) is 35.4. The molecule has 0 bridgehead atoms. The van der Waals surface area contributed by atoms with Gasteiger partial charge in [-0.2, -0.15) is 0 Å². The smallest absolute Gasteiger partial charge is 0.326 e. The minimum Gasteiger partial charge on any atom is -0.507 e. The molecule has 0 aliphatic carbocycles. The maximum absolute atomic E-state index is 14.5. The highest BCUT2D eigenvalue weighted by Crippen LogP contribution is 2.22. The van der Waals surface area contributed by atoms with E-state index in [2.05, 4.69) is 37.2 Å². The summed E-state index contributed by atoms with van der Waals surface area (Å²) in [5.41, 5.74) is 17.7. The zero-order valence-electron chi connectivity index (χ0n) is 54.8. The molecule has 10 amide bonds. The molecule has 19 N–H and O–H groups in total. The van der Waals surface area contributed by atoms with Crippen molar-refractivity contribution in [1.82, 2.24) is 56.8 Å². The summed E-state index contributed by atoms with van der Waals surface area (Å²) in [5, 5.41) is 76.5. The van der Waals surface area contributed by atoms with Crippen LogP contribution in [0.15, 0.2) is 48.5 Å². The Morgan fingerprint density at radius 3 is 1.30 bits per heavy atom. The van der Waals surface area contributed by atoms with E-state index in [9.17, 15) is 92.7 Å². The van der Waals surface area contributed by atoms with Crippen LogP contribution >= 0.6 is 22.6 Å². The van der Waals surface area contributed by atoms with Gasteiger partial charge < -0.3 is 85.1 Å². The van der Waals surface area contributed by atoms with Crippen LogP contribution in [0.3, 0.4) is 0 Å². The molecular weight excluding hydrogens is 1400 g/mol. The average Bonchev–Trinajstić information content (AvgIpc) is 0.864. The molecule has 34 nitrogen and oxygen atoms in total. The number of benzene rings is 2. The molecule has 2 aromatic rings. The number of phenolic OH excluding ortho intramolecular Hbond substituents is 1. The molecule has 0 aromatic heterocycles. The summed E-state index contributed by atoms with van der Waals surface area (Å²) in [6.45, 7) is 1.31. The predicted molar refractivity (Wildman–Crippen MR) is 360 cm³/mol. The van der Waals surface area contributed by atoms with Gasteiger partial charge in [0, 0.05) is 104 Å². The van der Waals surface area contributed by atoms with Crippen molar-refractivity contribution in [2.24, 2.45) is 17.2 Å². The second-order valence-electron chi connectivity index (χ2n) is 23.9. The van der Waals surface area contributed by atoms with E-state index in [0.717, 1.165) is 0 Å². The highest BCUT2D eigenvalue weighted by atomic mass is 127. The largest absolute Gasteiger partial charge is 0.507 e. The first-order valence-corrected chi connectivity index (χ1v) is 33.5. The van der Waals surface area contributed by atoms with Crippen LogP contribution in [-0.2, 0) is 75.2 Å². The van der Waals surface area contributed by atoms with Crippen molar-refractivity contribution in [3.63, 3.8) is 0 Å². The number of carboxylic acids is 5. The Hall–Kier alpha value is -8.81. The number of nitrogens with zero attached hydrogens (tertiary/aromatic N) is 4. The van der Waals surface area contributed by atoms with Crippen molar-refractivity contribution in [2.45, 2.75) is 152 Å². The molecule has 0 saturated carbocycles. The number of amides is 10. The van der Waals surface area contributed by atoms with Gasteiger partial charge in [-0.3, -0.25) is 67.5 Å². The Kier molecular flexibility index (Phi) is 38.9. The number of hydrogen-bond acceptors (Lipinski definition) is 19. The summed E-state index contributed by atoms with van der Waals surface area (Å²) < 4.78 is 0.420. The van der Waals surface area contributed by atoms with Gasteiger partial charge in [-0.15, -0.1) is 0 Å². The maximum Gasteiger partial charge on any atom is 0.326 e. The molecule has 2 aromatic carbocycles. The van der Waals surface area contributed by atoms with Crippen LogP contribution in [0.2, 0.25) is 0 Å². The Labute approximate surface area is 580 Å². The van der Waals surface area contributed by atoms with E-state index in [1.807, 2.05) is 22.6 Å². The number of halogens is 1. The number of aromatic hydroxyl groups is 1. The van der Waals surface area contributed by atoms with Gasteiger partial charge in [-0.1, -0.05) is 49.2 Å². The topological polar surface area (TPSA) is 536 Å². The number of nitrogens with two attached hydrogens (primary N) is 3. The van der Waals surface area contributed by atoms with Gasteiger partial charge in [-0.25, -0.2) is 19.2 Å². The minimum atomic E-state index is -1.54. The zero-order chi connectivity index (χ0) is 72.7. The van der Waals surface area contributed by atoms with Gasteiger partial charge in [0.2, 0.25) is 47.3 Å². The number of primary amides is 3. The highest BCUT2D eigenvalue weighted by molar-refractivity contribution is 14.1. The van der Waals surface area contributed by atoms with Gasteiger partial charge in [0.05, 0.1) is 23.2 Å². The van der Waals surface area contributed by atoms with Crippen LogP contribution in [0.5, 0.6) is 5.75 Å². The Bertz CT molecular complexity index is 2970. The van der Waals surface area contributed by atoms with Crippen molar-refractivity contribution in [1.29, 1.82) is 0 Å². The maximum atomic E-state index is 14.5. The van der Waals surface area contributed by atoms with Crippen molar-refractivity contribution in [3.05, 3.63) is 63.2 Å². The van der Waals surface area contributed by atoms with E-state index < -0.39 is 127 Å². The third-order valence-corrected chi connectivity index (χ3v) is 16.8. The first-order chi connectivity index (χ1) is 46.5. The van der Waals surface area contributed by atoms with Crippen molar-refractivity contribution >= 4 is 106 Å². The fraction of sp³-hybridized carbons (Fsp3) is 0.587. The molecule has 1 saturated heterocycles. The van der Waals surface area contributed by atoms with Crippen LogP contribution in [-0.4, -0.2) is 255 Å². The van der Waals surface area contributed by atoms with Crippen molar-refractivity contribution in [2.75, 3.05) is 85.1 Å². The molecule has 544 valence electrons. The number of hydrogen-bond donors (Lipinski definition) is 16. The number of carbonyl (C=O) groups excluding carboxylic acids is 9. The Morgan fingerprint density at radius 2 is 0.857 bits per heavy atom. The van der Waals surface area contributed by atoms with Crippen LogP contribution < -0.4 is 54.4 Å². The minimum absolute atomic E-state index is 0.0279. The number of nitrogens with one attached hydrogen (secondary N) is 7.